The van der Waals surface area contributed by atoms with Crippen molar-refractivity contribution in [2.45, 2.75) is 6.42 Å². The van der Waals surface area contributed by atoms with Crippen LogP contribution < -0.4 is 5.43 Å². The largest absolute Gasteiger partial charge is 0.286 e. The average molecular weight is 294 g/mol. The van der Waals surface area contributed by atoms with Gasteiger partial charge >= 0.3 is 0 Å². The Balaban J connectivity index is 2.07. The second-order valence-electron chi connectivity index (χ2n) is 3.27. The highest BCUT2D eigenvalue weighted by molar-refractivity contribution is 9.18. The second-order valence-corrected chi connectivity index (χ2v) is 4.15. The lowest BCUT2D eigenvalue weighted by Gasteiger charge is -2.04. The van der Waals surface area contributed by atoms with Crippen molar-refractivity contribution in [1.82, 2.24) is 15.4 Å². The van der Waals surface area contributed by atoms with E-state index in [1.807, 2.05) is 12.3 Å². The van der Waals surface area contributed by atoms with Crippen LogP contribution in [0.3, 0.4) is 0 Å². The molecule has 0 aliphatic carbocycles. The zero-order valence-electron chi connectivity index (χ0n) is 8.88. The number of hydrogen-bond donors (Lipinski definition) is 1. The highest BCUT2D eigenvalue weighted by Crippen LogP contribution is 2.11. The van der Waals surface area contributed by atoms with Crippen molar-refractivity contribution in [1.29, 1.82) is 0 Å². The molecule has 1 aliphatic heterocycles. The molecule has 86 valence electrons. The zero-order chi connectivity index (χ0) is 12.1. The van der Waals surface area contributed by atoms with Crippen LogP contribution >= 0.6 is 15.9 Å². The summed E-state index contributed by atoms with van der Waals surface area (Å²) in [6.45, 7) is 0. The first-order valence-corrected chi connectivity index (χ1v) is 5.77. The fourth-order valence-electron chi connectivity index (χ4n) is 1.27. The average Bonchev–Trinajstić information content (AvgIpc) is 2.38. The van der Waals surface area contributed by atoms with Gasteiger partial charge in [0.15, 0.2) is 18.2 Å². The van der Waals surface area contributed by atoms with Crippen molar-refractivity contribution < 1.29 is 9.48 Å². The van der Waals surface area contributed by atoms with E-state index in [2.05, 4.69) is 31.3 Å². The Morgan fingerprint density at radius 3 is 2.82 bits per heavy atom. The van der Waals surface area contributed by atoms with Gasteiger partial charge in [-0.2, -0.15) is 5.43 Å². The maximum atomic E-state index is 10.7. The highest BCUT2D eigenvalue weighted by atomic mass is 79.9. The zero-order valence-corrected chi connectivity index (χ0v) is 10.5. The van der Waals surface area contributed by atoms with Crippen LogP contribution in [-0.2, 0) is 4.79 Å². The minimum atomic E-state index is -0.0612. The molecule has 0 saturated heterocycles. The van der Waals surface area contributed by atoms with E-state index in [0.29, 0.717) is 12.2 Å². The SMILES string of the molecule is O=C(Br)CC=[N+]1C=CC(c2ncccn2)=CN1. The summed E-state index contributed by atoms with van der Waals surface area (Å²) in [4.78, 5) is 19.0. The number of hydrazine groups is 1. The van der Waals surface area contributed by atoms with Crippen LogP contribution in [0.2, 0.25) is 0 Å². The Labute approximate surface area is 107 Å². The molecule has 0 fully saturated rings. The van der Waals surface area contributed by atoms with E-state index in [-0.39, 0.29) is 4.69 Å². The number of nitrogens with zero attached hydrogens (tertiary/aromatic N) is 3. The number of hydrogen-bond acceptors (Lipinski definition) is 4. The molecule has 2 rings (SSSR count). The van der Waals surface area contributed by atoms with Crippen molar-refractivity contribution >= 4 is 32.4 Å². The Bertz CT molecular complexity index is 507. The van der Waals surface area contributed by atoms with E-state index in [9.17, 15) is 4.79 Å². The number of rotatable bonds is 3. The molecule has 0 bridgehead atoms. The monoisotopic (exact) mass is 293 g/mol. The van der Waals surface area contributed by atoms with Crippen LogP contribution in [0.15, 0.2) is 36.9 Å². The summed E-state index contributed by atoms with van der Waals surface area (Å²) in [5, 5.41) is 0. The van der Waals surface area contributed by atoms with Crippen molar-refractivity contribution in [2.75, 3.05) is 0 Å². The molecule has 0 unspecified atom stereocenters. The first-order chi connectivity index (χ1) is 8.25. The standard InChI is InChI=1S/C11H10BrN4O/c12-10(17)3-7-16-6-2-9(8-15-16)11-13-4-1-5-14-11/h1-2,4-8,15H,3H2/q+1. The molecule has 0 amide bonds. The molecule has 0 radical (unpaired) electrons. The number of carbonyl (C=O) groups excluding carboxylic acids is 1. The summed E-state index contributed by atoms with van der Waals surface area (Å²) in [6, 6.07) is 1.77. The van der Waals surface area contributed by atoms with E-state index in [4.69, 9.17) is 0 Å². The van der Waals surface area contributed by atoms with Crippen LogP contribution in [0.25, 0.3) is 5.57 Å². The maximum absolute atomic E-state index is 10.7. The molecule has 1 N–H and O–H groups in total. The summed E-state index contributed by atoms with van der Waals surface area (Å²) >= 11 is 2.87. The summed E-state index contributed by atoms with van der Waals surface area (Å²) in [6.07, 6.45) is 10.9. The molecule has 2 heterocycles. The van der Waals surface area contributed by atoms with E-state index in [1.165, 1.54) is 0 Å². The number of carbonyl (C=O) groups is 1. The van der Waals surface area contributed by atoms with Crippen LogP contribution in [0.1, 0.15) is 12.2 Å². The van der Waals surface area contributed by atoms with Gasteiger partial charge in [-0.1, -0.05) is 4.68 Å². The quantitative estimate of drug-likeness (QED) is 0.673. The van der Waals surface area contributed by atoms with Gasteiger partial charge in [-0.25, -0.2) is 9.97 Å². The fraction of sp³-hybridized carbons (Fsp3) is 0.0909. The third-order valence-corrected chi connectivity index (χ3v) is 2.38. The van der Waals surface area contributed by atoms with Gasteiger partial charge in [0, 0.05) is 24.0 Å². The molecule has 6 heteroatoms. The molecular weight excluding hydrogens is 284 g/mol. The molecule has 1 aliphatic rings. The van der Waals surface area contributed by atoms with Gasteiger partial charge < -0.3 is 0 Å². The van der Waals surface area contributed by atoms with Crippen LogP contribution in [-0.4, -0.2) is 25.6 Å². The predicted molar refractivity (Wildman–Crippen MR) is 67.2 cm³/mol. The normalized spacial score (nSPS) is 16.5. The lowest BCUT2D eigenvalue weighted by molar-refractivity contribution is -0.507. The molecular formula is C11H10BrN4O+. The van der Waals surface area contributed by atoms with Crippen LogP contribution in [0, 0.1) is 0 Å². The van der Waals surface area contributed by atoms with E-state index in [0.717, 1.165) is 5.57 Å². The van der Waals surface area contributed by atoms with E-state index >= 15 is 0 Å². The van der Waals surface area contributed by atoms with Gasteiger partial charge in [0.05, 0.1) is 12.6 Å². The summed E-state index contributed by atoms with van der Waals surface area (Å²) in [7, 11) is 0. The van der Waals surface area contributed by atoms with Gasteiger partial charge in [0.1, 0.15) is 0 Å². The topological polar surface area (TPSA) is 57.9 Å². The second kappa shape index (κ2) is 5.49. The Morgan fingerprint density at radius 2 is 2.24 bits per heavy atom. The molecule has 5 nitrogen and oxygen atoms in total. The van der Waals surface area contributed by atoms with Gasteiger partial charge in [-0.15, -0.1) is 0 Å². The van der Waals surface area contributed by atoms with Gasteiger partial charge in [0.25, 0.3) is 0 Å². The predicted octanol–water partition coefficient (Wildman–Crippen LogP) is 1.24. The first-order valence-electron chi connectivity index (χ1n) is 4.97. The van der Waals surface area contributed by atoms with Crippen LogP contribution in [0.4, 0.5) is 0 Å². The Hall–Kier alpha value is -1.82. The number of aromatic nitrogens is 2. The summed E-state index contributed by atoms with van der Waals surface area (Å²) in [5.74, 6) is 0.660. The van der Waals surface area contributed by atoms with Gasteiger partial charge in [-0.3, -0.25) is 4.79 Å². The van der Waals surface area contributed by atoms with E-state index < -0.39 is 0 Å². The third kappa shape index (κ3) is 3.32. The first kappa shape index (κ1) is 11.7. The summed E-state index contributed by atoms with van der Waals surface area (Å²) < 4.78 is 1.64. The molecule has 1 aromatic heterocycles. The van der Waals surface area contributed by atoms with Gasteiger partial charge in [-0.05, 0) is 22.0 Å². The molecule has 0 atom stereocenters. The molecule has 0 spiro atoms. The Kier molecular flexibility index (Phi) is 3.77. The number of nitrogens with one attached hydrogen (secondary N) is 1. The number of allylic oxidation sites excluding steroid dienone is 2. The summed E-state index contributed by atoms with van der Waals surface area (Å²) in [5.41, 5.74) is 3.89. The molecule has 1 aromatic rings. The molecule has 0 aromatic carbocycles. The van der Waals surface area contributed by atoms with E-state index in [1.54, 1.807) is 35.6 Å². The highest BCUT2D eigenvalue weighted by Gasteiger charge is 2.09. The minimum Gasteiger partial charge on any atom is -0.286 e. The maximum Gasteiger partial charge on any atom is 0.207 e. The van der Waals surface area contributed by atoms with Crippen LogP contribution in [0.5, 0.6) is 0 Å². The lowest BCUT2D eigenvalue weighted by Crippen LogP contribution is -2.23. The number of hydrazone groups is 1. The van der Waals surface area contributed by atoms with Crippen molar-refractivity contribution in [3.8, 4) is 0 Å². The third-order valence-electron chi connectivity index (χ3n) is 2.06. The minimum absolute atomic E-state index is 0.0612. The smallest absolute Gasteiger partial charge is 0.207 e. The van der Waals surface area contributed by atoms with Crippen molar-refractivity contribution in [2.24, 2.45) is 0 Å². The molecule has 17 heavy (non-hydrogen) atoms. The van der Waals surface area contributed by atoms with Crippen molar-refractivity contribution in [3.05, 3.63) is 42.8 Å². The van der Waals surface area contributed by atoms with Crippen molar-refractivity contribution in [3.63, 3.8) is 0 Å². The van der Waals surface area contributed by atoms with Gasteiger partial charge in [0.2, 0.25) is 4.69 Å². The Morgan fingerprint density at radius 1 is 1.47 bits per heavy atom. The fourth-order valence-corrected chi connectivity index (χ4v) is 1.41. The number of halogens is 1. The molecule has 0 saturated carbocycles. The lowest BCUT2D eigenvalue weighted by atomic mass is 10.2.